The summed E-state index contributed by atoms with van der Waals surface area (Å²) < 4.78 is 11.3. The minimum absolute atomic E-state index is 0.199. The Morgan fingerprint density at radius 1 is 1.00 bits per heavy atom. The number of carbonyl (C=O) groups excluding carboxylic acids is 3. The van der Waals surface area contributed by atoms with E-state index in [1.54, 1.807) is 43.3 Å². The van der Waals surface area contributed by atoms with Gasteiger partial charge >= 0.3 is 6.03 Å². The molecule has 0 aliphatic carbocycles. The molecule has 0 unspecified atom stereocenters. The van der Waals surface area contributed by atoms with E-state index in [-0.39, 0.29) is 17.2 Å². The first-order chi connectivity index (χ1) is 17.2. The van der Waals surface area contributed by atoms with E-state index in [1.165, 1.54) is 13.2 Å². The number of aryl methyl sites for hydroxylation is 1. The first-order valence-electron chi connectivity index (χ1n) is 10.9. The summed E-state index contributed by atoms with van der Waals surface area (Å²) in [6, 6.07) is 14.8. The Morgan fingerprint density at radius 2 is 1.75 bits per heavy atom. The van der Waals surface area contributed by atoms with Crippen LogP contribution in [0.3, 0.4) is 0 Å². The summed E-state index contributed by atoms with van der Waals surface area (Å²) in [4.78, 5) is 39.4. The molecule has 0 bridgehead atoms. The molecule has 7 nitrogen and oxygen atoms in total. The summed E-state index contributed by atoms with van der Waals surface area (Å²) >= 11 is 12.5. The lowest BCUT2D eigenvalue weighted by Crippen LogP contribution is -2.54. The molecular formula is C27H22Cl2N2O5. The summed E-state index contributed by atoms with van der Waals surface area (Å²) in [7, 11) is 1.45. The van der Waals surface area contributed by atoms with Crippen LogP contribution in [0, 0.1) is 13.8 Å². The number of urea groups is 1. The number of carbonyl (C=O) groups is 3. The number of ether oxygens (including phenoxy) is 2. The van der Waals surface area contributed by atoms with Crippen LogP contribution in [-0.2, 0) is 16.2 Å². The van der Waals surface area contributed by atoms with Crippen molar-refractivity contribution >= 4 is 52.8 Å². The van der Waals surface area contributed by atoms with Crippen LogP contribution in [0.5, 0.6) is 11.5 Å². The first-order valence-corrected chi connectivity index (χ1v) is 11.7. The third kappa shape index (κ3) is 5.08. The third-order valence-corrected chi connectivity index (χ3v) is 6.27. The van der Waals surface area contributed by atoms with E-state index in [0.717, 1.165) is 21.6 Å². The molecule has 0 saturated carbocycles. The van der Waals surface area contributed by atoms with Gasteiger partial charge in [-0.1, -0.05) is 47.5 Å². The molecule has 1 saturated heterocycles. The zero-order valence-corrected chi connectivity index (χ0v) is 21.2. The second kappa shape index (κ2) is 10.4. The smallest absolute Gasteiger partial charge is 0.335 e. The first kappa shape index (κ1) is 25.3. The van der Waals surface area contributed by atoms with Crippen LogP contribution in [0.1, 0.15) is 22.3 Å². The number of nitrogens with one attached hydrogen (secondary N) is 1. The molecular weight excluding hydrogens is 503 g/mol. The van der Waals surface area contributed by atoms with E-state index < -0.39 is 17.8 Å². The Bertz CT molecular complexity index is 1420. The average Bonchev–Trinajstić information content (AvgIpc) is 2.83. The number of methoxy groups -OCH3 is 1. The molecule has 1 heterocycles. The van der Waals surface area contributed by atoms with Crippen molar-refractivity contribution in [1.29, 1.82) is 0 Å². The number of halogens is 2. The SMILES string of the molecule is COc1cc(/C=C2\C(=O)NC(=O)N(c3cccc(C)c3C)C2=O)cc(Cl)c1OCc1cccc(Cl)c1. The Labute approximate surface area is 218 Å². The number of barbiturate groups is 1. The number of hydrogen-bond donors (Lipinski definition) is 1. The third-order valence-electron chi connectivity index (χ3n) is 5.75. The van der Waals surface area contributed by atoms with Crippen LogP contribution >= 0.6 is 23.2 Å². The van der Waals surface area contributed by atoms with Crippen molar-refractivity contribution in [2.24, 2.45) is 0 Å². The van der Waals surface area contributed by atoms with E-state index in [9.17, 15) is 14.4 Å². The summed E-state index contributed by atoms with van der Waals surface area (Å²) in [5.41, 5.74) is 3.09. The number of rotatable bonds is 6. The molecule has 1 aliphatic rings. The van der Waals surface area contributed by atoms with Crippen LogP contribution in [0.25, 0.3) is 6.08 Å². The van der Waals surface area contributed by atoms with Gasteiger partial charge < -0.3 is 9.47 Å². The van der Waals surface area contributed by atoms with Crippen LogP contribution in [0.15, 0.2) is 60.2 Å². The van der Waals surface area contributed by atoms with E-state index in [4.69, 9.17) is 32.7 Å². The molecule has 0 atom stereocenters. The Balaban J connectivity index is 1.66. The highest BCUT2D eigenvalue weighted by atomic mass is 35.5. The van der Waals surface area contributed by atoms with Gasteiger partial charge in [-0.15, -0.1) is 0 Å². The maximum atomic E-state index is 13.3. The Kier molecular flexibility index (Phi) is 7.33. The molecule has 4 rings (SSSR count). The van der Waals surface area contributed by atoms with Crippen molar-refractivity contribution in [3.8, 4) is 11.5 Å². The van der Waals surface area contributed by atoms with Gasteiger partial charge in [-0.3, -0.25) is 14.9 Å². The zero-order chi connectivity index (χ0) is 26.0. The Hall–Kier alpha value is -3.81. The van der Waals surface area contributed by atoms with E-state index >= 15 is 0 Å². The van der Waals surface area contributed by atoms with E-state index in [1.807, 2.05) is 25.1 Å². The van der Waals surface area contributed by atoms with Crippen molar-refractivity contribution in [3.63, 3.8) is 0 Å². The topological polar surface area (TPSA) is 84.9 Å². The number of imide groups is 2. The van der Waals surface area contributed by atoms with E-state index in [2.05, 4.69) is 5.32 Å². The van der Waals surface area contributed by atoms with Crippen molar-refractivity contribution in [2.75, 3.05) is 12.0 Å². The largest absolute Gasteiger partial charge is 0.493 e. The predicted octanol–water partition coefficient (Wildman–Crippen LogP) is 5.86. The van der Waals surface area contributed by atoms with Gasteiger partial charge in [0.15, 0.2) is 11.5 Å². The van der Waals surface area contributed by atoms with E-state index in [0.29, 0.717) is 27.8 Å². The second-order valence-electron chi connectivity index (χ2n) is 8.13. The number of amides is 4. The normalized spacial score (nSPS) is 14.8. The zero-order valence-electron chi connectivity index (χ0n) is 19.7. The van der Waals surface area contributed by atoms with Gasteiger partial charge in [-0.05, 0) is 72.5 Å². The van der Waals surface area contributed by atoms with Crippen molar-refractivity contribution in [3.05, 3.63) is 92.5 Å². The highest BCUT2D eigenvalue weighted by Gasteiger charge is 2.37. The van der Waals surface area contributed by atoms with Gasteiger partial charge in [0.05, 0.1) is 17.8 Å². The Morgan fingerprint density at radius 3 is 2.47 bits per heavy atom. The summed E-state index contributed by atoms with van der Waals surface area (Å²) in [6.45, 7) is 3.88. The van der Waals surface area contributed by atoms with Gasteiger partial charge in [0.25, 0.3) is 11.8 Å². The van der Waals surface area contributed by atoms with Gasteiger partial charge in [0.2, 0.25) is 0 Å². The quantitative estimate of drug-likeness (QED) is 0.322. The fraction of sp³-hybridized carbons (Fsp3) is 0.148. The molecule has 4 amide bonds. The molecule has 9 heteroatoms. The minimum Gasteiger partial charge on any atom is -0.493 e. The molecule has 36 heavy (non-hydrogen) atoms. The summed E-state index contributed by atoms with van der Waals surface area (Å²) in [5.74, 6) is -0.938. The monoisotopic (exact) mass is 524 g/mol. The molecule has 0 aromatic heterocycles. The lowest BCUT2D eigenvalue weighted by atomic mass is 10.0. The molecule has 1 aliphatic heterocycles. The predicted molar refractivity (Wildman–Crippen MR) is 139 cm³/mol. The van der Waals surface area contributed by atoms with Gasteiger partial charge in [0.1, 0.15) is 12.2 Å². The van der Waals surface area contributed by atoms with Crippen LogP contribution in [-0.4, -0.2) is 25.0 Å². The minimum atomic E-state index is -0.809. The highest BCUT2D eigenvalue weighted by Crippen LogP contribution is 2.38. The standard InChI is InChI=1S/C27H22Cl2N2O5/c1-15-6-4-9-22(16(15)2)31-26(33)20(25(32)30-27(31)34)11-18-12-21(29)24(23(13-18)35-3)36-14-17-7-5-8-19(28)10-17/h4-13H,14H2,1-3H3,(H,30,32,34)/b20-11+. The average molecular weight is 525 g/mol. The molecule has 0 spiro atoms. The fourth-order valence-corrected chi connectivity index (χ4v) is 4.25. The molecule has 3 aromatic rings. The lowest BCUT2D eigenvalue weighted by Gasteiger charge is -2.28. The maximum Gasteiger partial charge on any atom is 0.335 e. The van der Waals surface area contributed by atoms with Crippen LogP contribution in [0.4, 0.5) is 10.5 Å². The van der Waals surface area contributed by atoms with Crippen molar-refractivity contribution in [2.45, 2.75) is 20.5 Å². The lowest BCUT2D eigenvalue weighted by molar-refractivity contribution is -0.122. The summed E-state index contributed by atoms with van der Waals surface area (Å²) in [5, 5.41) is 3.03. The second-order valence-corrected chi connectivity index (χ2v) is 8.97. The van der Waals surface area contributed by atoms with Gasteiger partial charge in [-0.25, -0.2) is 9.69 Å². The van der Waals surface area contributed by atoms with Crippen LogP contribution < -0.4 is 19.7 Å². The number of nitrogens with zero attached hydrogens (tertiary/aromatic N) is 1. The van der Waals surface area contributed by atoms with Crippen molar-refractivity contribution < 1.29 is 23.9 Å². The fourth-order valence-electron chi connectivity index (χ4n) is 3.77. The van der Waals surface area contributed by atoms with Crippen molar-refractivity contribution in [1.82, 2.24) is 5.32 Å². The molecule has 3 aromatic carbocycles. The van der Waals surface area contributed by atoms with Crippen LogP contribution in [0.2, 0.25) is 10.0 Å². The van der Waals surface area contributed by atoms with Gasteiger partial charge in [0, 0.05) is 5.02 Å². The molecule has 0 radical (unpaired) electrons. The number of hydrogen-bond acceptors (Lipinski definition) is 5. The molecule has 1 N–H and O–H groups in total. The highest BCUT2D eigenvalue weighted by molar-refractivity contribution is 6.39. The maximum absolute atomic E-state index is 13.3. The number of benzene rings is 3. The number of anilines is 1. The van der Waals surface area contributed by atoms with Gasteiger partial charge in [-0.2, -0.15) is 0 Å². The molecule has 1 fully saturated rings. The summed E-state index contributed by atoms with van der Waals surface area (Å²) in [6.07, 6.45) is 1.36. The molecule has 184 valence electrons.